The Labute approximate surface area is 162 Å². The zero-order valence-corrected chi connectivity index (χ0v) is 15.7. The van der Waals surface area contributed by atoms with Gasteiger partial charge in [-0.3, -0.25) is 0 Å². The number of rotatable bonds is 4. The minimum Gasteiger partial charge on any atom is -0.380 e. The zero-order valence-electron chi connectivity index (χ0n) is 15.0. The molecule has 2 aromatic rings. The fourth-order valence-electron chi connectivity index (χ4n) is 3.35. The van der Waals surface area contributed by atoms with E-state index in [9.17, 15) is 13.6 Å². The van der Waals surface area contributed by atoms with E-state index in [1.165, 1.54) is 6.07 Å². The largest absolute Gasteiger partial charge is 0.380 e. The maximum atomic E-state index is 13.5. The molecule has 2 aromatic carbocycles. The average molecular weight is 395 g/mol. The predicted molar refractivity (Wildman–Crippen MR) is 101 cm³/mol. The van der Waals surface area contributed by atoms with Crippen molar-refractivity contribution in [2.45, 2.75) is 25.4 Å². The van der Waals surface area contributed by atoms with Gasteiger partial charge in [0.2, 0.25) is 0 Å². The third kappa shape index (κ3) is 4.76. The zero-order chi connectivity index (χ0) is 19.4. The Hall–Kier alpha value is -2.18. The van der Waals surface area contributed by atoms with Gasteiger partial charge in [0.25, 0.3) is 0 Å². The molecule has 0 aliphatic carbocycles. The molecule has 0 bridgehead atoms. The number of methoxy groups -OCH3 is 1. The van der Waals surface area contributed by atoms with E-state index in [-0.39, 0.29) is 11.9 Å². The summed E-state index contributed by atoms with van der Waals surface area (Å²) in [7, 11) is 1.57. The van der Waals surface area contributed by atoms with E-state index in [0.717, 1.165) is 24.5 Å². The van der Waals surface area contributed by atoms with E-state index in [1.807, 2.05) is 0 Å². The van der Waals surface area contributed by atoms with Gasteiger partial charge in [-0.1, -0.05) is 17.7 Å². The molecule has 2 amide bonds. The standard InChI is InChI=1S/C20H21ClF2N2O2/c1-27-12-15-9-16(21)5-7-19(15)24-20(26)25-8-2-3-14(11-25)13-4-6-17(22)18(23)10-13/h4-7,9-10,14H,2-3,8,11-12H2,1H3,(H,24,26)/t14-/m0/s1. The van der Waals surface area contributed by atoms with E-state index in [0.29, 0.717) is 36.0 Å². The molecule has 1 aliphatic heterocycles. The van der Waals surface area contributed by atoms with Crippen LogP contribution in [0.4, 0.5) is 19.3 Å². The number of carbonyl (C=O) groups excluding carboxylic acids is 1. The van der Waals surface area contributed by atoms with Crippen molar-refractivity contribution in [1.29, 1.82) is 0 Å². The fourth-order valence-corrected chi connectivity index (χ4v) is 3.55. The molecule has 1 heterocycles. The molecule has 1 N–H and O–H groups in total. The molecule has 27 heavy (non-hydrogen) atoms. The Morgan fingerprint density at radius 1 is 1.26 bits per heavy atom. The fraction of sp³-hybridized carbons (Fsp3) is 0.350. The lowest BCUT2D eigenvalue weighted by molar-refractivity contribution is 0.184. The smallest absolute Gasteiger partial charge is 0.321 e. The molecule has 0 saturated carbocycles. The summed E-state index contributed by atoms with van der Waals surface area (Å²) in [4.78, 5) is 14.4. The van der Waals surface area contributed by atoms with Crippen LogP contribution in [-0.4, -0.2) is 31.1 Å². The Kier molecular flexibility index (Phi) is 6.29. The van der Waals surface area contributed by atoms with Gasteiger partial charge >= 0.3 is 6.03 Å². The summed E-state index contributed by atoms with van der Waals surface area (Å²) in [5, 5.41) is 3.47. The minimum atomic E-state index is -0.863. The van der Waals surface area contributed by atoms with E-state index in [1.54, 1.807) is 36.3 Å². The first-order valence-corrected chi connectivity index (χ1v) is 9.14. The highest BCUT2D eigenvalue weighted by molar-refractivity contribution is 6.30. The number of halogens is 3. The number of amides is 2. The summed E-state index contributed by atoms with van der Waals surface area (Å²) in [5.74, 6) is -1.75. The van der Waals surface area contributed by atoms with Crippen LogP contribution in [0.1, 0.15) is 29.9 Å². The van der Waals surface area contributed by atoms with Crippen LogP contribution < -0.4 is 5.32 Å². The summed E-state index contributed by atoms with van der Waals surface area (Å²) in [6.07, 6.45) is 1.62. The first kappa shape index (κ1) is 19.6. The number of urea groups is 1. The van der Waals surface area contributed by atoms with Crippen LogP contribution in [0.15, 0.2) is 36.4 Å². The van der Waals surface area contributed by atoms with Gasteiger partial charge in [-0.15, -0.1) is 0 Å². The molecule has 1 saturated heterocycles. The molecule has 0 spiro atoms. The lowest BCUT2D eigenvalue weighted by atomic mass is 9.90. The quantitative estimate of drug-likeness (QED) is 0.776. The number of carbonyl (C=O) groups is 1. The molecule has 4 nitrogen and oxygen atoms in total. The maximum absolute atomic E-state index is 13.5. The Balaban J connectivity index is 1.71. The van der Waals surface area contributed by atoms with Gasteiger partial charge in [0.1, 0.15) is 0 Å². The molecule has 1 fully saturated rings. The highest BCUT2D eigenvalue weighted by atomic mass is 35.5. The highest BCUT2D eigenvalue weighted by Gasteiger charge is 2.26. The van der Waals surface area contributed by atoms with Gasteiger partial charge in [-0.05, 0) is 48.7 Å². The number of nitrogens with zero attached hydrogens (tertiary/aromatic N) is 1. The predicted octanol–water partition coefficient (Wildman–Crippen LogP) is 5.18. The maximum Gasteiger partial charge on any atom is 0.321 e. The van der Waals surface area contributed by atoms with Crippen LogP contribution in [0, 0.1) is 11.6 Å². The lowest BCUT2D eigenvalue weighted by Gasteiger charge is -2.33. The van der Waals surface area contributed by atoms with Crippen molar-refractivity contribution in [3.8, 4) is 0 Å². The van der Waals surface area contributed by atoms with Crippen molar-refractivity contribution < 1.29 is 18.3 Å². The van der Waals surface area contributed by atoms with E-state index < -0.39 is 11.6 Å². The van der Waals surface area contributed by atoms with Gasteiger partial charge in [-0.25, -0.2) is 13.6 Å². The average Bonchev–Trinajstić information content (AvgIpc) is 2.66. The number of benzene rings is 2. The molecule has 3 rings (SSSR count). The van der Waals surface area contributed by atoms with E-state index in [2.05, 4.69) is 5.32 Å². The van der Waals surface area contributed by atoms with Crippen LogP contribution in [0.3, 0.4) is 0 Å². The van der Waals surface area contributed by atoms with Crippen LogP contribution in [0.5, 0.6) is 0 Å². The topological polar surface area (TPSA) is 41.6 Å². The second-order valence-electron chi connectivity index (χ2n) is 6.62. The van der Waals surface area contributed by atoms with Gasteiger partial charge in [0.15, 0.2) is 11.6 Å². The number of hydrogen-bond donors (Lipinski definition) is 1. The molecular weight excluding hydrogens is 374 g/mol. The number of piperidine rings is 1. The first-order chi connectivity index (χ1) is 13.0. The number of anilines is 1. The SMILES string of the molecule is COCc1cc(Cl)ccc1NC(=O)N1CCC[C@H](c2ccc(F)c(F)c2)C1. The van der Waals surface area contributed by atoms with Crippen LogP contribution >= 0.6 is 11.6 Å². The minimum absolute atomic E-state index is 0.0248. The van der Waals surface area contributed by atoms with Gasteiger partial charge in [0, 0.05) is 42.4 Å². The summed E-state index contributed by atoms with van der Waals surface area (Å²) >= 11 is 6.01. The second-order valence-corrected chi connectivity index (χ2v) is 7.06. The normalized spacial score (nSPS) is 17.0. The third-order valence-corrected chi connectivity index (χ3v) is 4.97. The highest BCUT2D eigenvalue weighted by Crippen LogP contribution is 2.29. The summed E-state index contributed by atoms with van der Waals surface area (Å²) in [6.45, 7) is 1.39. The molecule has 0 unspecified atom stereocenters. The van der Waals surface area contributed by atoms with Crippen LogP contribution in [0.2, 0.25) is 5.02 Å². The van der Waals surface area contributed by atoms with Crippen LogP contribution in [-0.2, 0) is 11.3 Å². The van der Waals surface area contributed by atoms with Crippen molar-refractivity contribution in [3.05, 3.63) is 64.2 Å². The van der Waals surface area contributed by atoms with Gasteiger partial charge < -0.3 is 15.0 Å². The number of hydrogen-bond acceptors (Lipinski definition) is 2. The monoisotopic (exact) mass is 394 g/mol. The molecule has 7 heteroatoms. The molecule has 1 atom stereocenters. The van der Waals surface area contributed by atoms with Crippen molar-refractivity contribution >= 4 is 23.3 Å². The van der Waals surface area contributed by atoms with Gasteiger partial charge in [-0.2, -0.15) is 0 Å². The van der Waals surface area contributed by atoms with Crippen LogP contribution in [0.25, 0.3) is 0 Å². The first-order valence-electron chi connectivity index (χ1n) is 8.76. The summed E-state index contributed by atoms with van der Waals surface area (Å²) < 4.78 is 31.9. The van der Waals surface area contributed by atoms with Crippen molar-refractivity contribution in [1.82, 2.24) is 4.90 Å². The van der Waals surface area contributed by atoms with Gasteiger partial charge in [0.05, 0.1) is 6.61 Å². The Morgan fingerprint density at radius 3 is 2.81 bits per heavy atom. The Bertz CT molecular complexity index is 832. The Morgan fingerprint density at radius 2 is 2.07 bits per heavy atom. The molecular formula is C20H21ClF2N2O2. The van der Waals surface area contributed by atoms with Crippen molar-refractivity contribution in [2.75, 3.05) is 25.5 Å². The number of likely N-dealkylation sites (tertiary alicyclic amines) is 1. The van der Waals surface area contributed by atoms with E-state index >= 15 is 0 Å². The van der Waals surface area contributed by atoms with E-state index in [4.69, 9.17) is 16.3 Å². The number of ether oxygens (including phenoxy) is 1. The second kappa shape index (κ2) is 8.67. The molecule has 1 aliphatic rings. The molecule has 0 radical (unpaired) electrons. The third-order valence-electron chi connectivity index (χ3n) is 4.73. The molecule has 0 aromatic heterocycles. The summed E-state index contributed by atoms with van der Waals surface area (Å²) in [6, 6.07) is 8.90. The lowest BCUT2D eigenvalue weighted by Crippen LogP contribution is -2.41. The van der Waals surface area contributed by atoms with Crippen molar-refractivity contribution in [3.63, 3.8) is 0 Å². The number of nitrogens with one attached hydrogen (secondary N) is 1. The van der Waals surface area contributed by atoms with Crippen molar-refractivity contribution in [2.24, 2.45) is 0 Å². The summed E-state index contributed by atoms with van der Waals surface area (Å²) in [5.41, 5.74) is 2.13. The molecule has 144 valence electrons.